The molecule has 1 heterocycles. The number of carbonyl (C=O) groups is 2. The summed E-state index contributed by atoms with van der Waals surface area (Å²) < 4.78 is 0. The topological polar surface area (TPSA) is 75.4 Å². The van der Waals surface area contributed by atoms with Gasteiger partial charge in [0.25, 0.3) is 0 Å². The number of aryl methyl sites for hydroxylation is 1. The molecule has 2 unspecified atom stereocenters. The first-order chi connectivity index (χ1) is 11.5. The molecule has 3 N–H and O–H groups in total. The molecule has 5 nitrogen and oxygen atoms in total. The monoisotopic (exact) mass is 367 g/mol. The van der Waals surface area contributed by atoms with E-state index in [9.17, 15) is 9.59 Å². The van der Waals surface area contributed by atoms with E-state index in [0.717, 1.165) is 36.9 Å². The van der Waals surface area contributed by atoms with Crippen molar-refractivity contribution in [3.05, 3.63) is 35.4 Å². The van der Waals surface area contributed by atoms with E-state index in [0.29, 0.717) is 25.4 Å². The third kappa shape index (κ3) is 6.33. The van der Waals surface area contributed by atoms with Crippen LogP contribution in [0.1, 0.15) is 49.8 Å². The first-order valence-corrected chi connectivity index (χ1v) is 8.89. The van der Waals surface area contributed by atoms with Crippen molar-refractivity contribution in [3.63, 3.8) is 0 Å². The molecule has 1 aliphatic rings. The predicted molar refractivity (Wildman–Crippen MR) is 103 cm³/mol. The third-order valence-electron chi connectivity index (χ3n) is 4.60. The highest BCUT2D eigenvalue weighted by molar-refractivity contribution is 5.85. The SMILES string of the molecule is CCCC(=O)NCC1CCCN(C(=O)C(N)c2ccc(C)cc2)C1.Cl. The van der Waals surface area contributed by atoms with Crippen LogP contribution in [0.15, 0.2) is 24.3 Å². The largest absolute Gasteiger partial charge is 0.356 e. The Hall–Kier alpha value is -1.59. The van der Waals surface area contributed by atoms with Crippen LogP contribution in [0.4, 0.5) is 0 Å². The molecule has 2 atom stereocenters. The van der Waals surface area contributed by atoms with Gasteiger partial charge in [0, 0.05) is 26.1 Å². The fourth-order valence-corrected chi connectivity index (χ4v) is 3.12. The maximum absolute atomic E-state index is 12.7. The number of amides is 2. The molecule has 0 bridgehead atoms. The molecule has 1 aromatic rings. The Balaban J connectivity index is 0.00000312. The number of carbonyl (C=O) groups excluding carboxylic acids is 2. The van der Waals surface area contributed by atoms with Crippen molar-refractivity contribution in [2.24, 2.45) is 11.7 Å². The van der Waals surface area contributed by atoms with Crippen molar-refractivity contribution in [2.45, 2.75) is 45.6 Å². The van der Waals surface area contributed by atoms with Gasteiger partial charge in [-0.15, -0.1) is 12.4 Å². The zero-order chi connectivity index (χ0) is 17.5. The minimum absolute atomic E-state index is 0. The van der Waals surface area contributed by atoms with Gasteiger partial charge < -0.3 is 16.0 Å². The van der Waals surface area contributed by atoms with E-state index in [2.05, 4.69) is 5.32 Å². The van der Waals surface area contributed by atoms with Gasteiger partial charge in [0.1, 0.15) is 6.04 Å². The lowest BCUT2D eigenvalue weighted by atomic mass is 9.96. The summed E-state index contributed by atoms with van der Waals surface area (Å²) >= 11 is 0. The second kappa shape index (κ2) is 10.4. The van der Waals surface area contributed by atoms with Crippen LogP contribution in [0, 0.1) is 12.8 Å². The lowest BCUT2D eigenvalue weighted by Crippen LogP contribution is -2.46. The van der Waals surface area contributed by atoms with Crippen molar-refractivity contribution >= 4 is 24.2 Å². The second-order valence-corrected chi connectivity index (χ2v) is 6.73. The van der Waals surface area contributed by atoms with Crippen LogP contribution in [0.2, 0.25) is 0 Å². The number of rotatable bonds is 6. The van der Waals surface area contributed by atoms with Gasteiger partial charge in [0.05, 0.1) is 0 Å². The minimum Gasteiger partial charge on any atom is -0.356 e. The summed E-state index contributed by atoms with van der Waals surface area (Å²) in [4.78, 5) is 26.1. The Morgan fingerprint density at radius 3 is 2.64 bits per heavy atom. The maximum Gasteiger partial charge on any atom is 0.244 e. The first-order valence-electron chi connectivity index (χ1n) is 8.89. The van der Waals surface area contributed by atoms with E-state index >= 15 is 0 Å². The smallest absolute Gasteiger partial charge is 0.244 e. The number of piperidine rings is 1. The number of hydrogen-bond acceptors (Lipinski definition) is 3. The molecule has 0 aromatic heterocycles. The van der Waals surface area contributed by atoms with Crippen molar-refractivity contribution < 1.29 is 9.59 Å². The highest BCUT2D eigenvalue weighted by Gasteiger charge is 2.28. The van der Waals surface area contributed by atoms with Gasteiger partial charge in [-0.2, -0.15) is 0 Å². The standard InChI is InChI=1S/C19H29N3O2.ClH/c1-3-5-17(23)21-12-15-6-4-11-22(13-15)19(24)18(20)16-9-7-14(2)8-10-16;/h7-10,15,18H,3-6,11-13,20H2,1-2H3,(H,21,23);1H. The Morgan fingerprint density at radius 1 is 1.32 bits per heavy atom. The molecule has 1 saturated heterocycles. The van der Waals surface area contributed by atoms with E-state index < -0.39 is 6.04 Å². The third-order valence-corrected chi connectivity index (χ3v) is 4.60. The number of nitrogens with one attached hydrogen (secondary N) is 1. The van der Waals surface area contributed by atoms with E-state index in [4.69, 9.17) is 5.73 Å². The quantitative estimate of drug-likeness (QED) is 0.811. The molecule has 0 spiro atoms. The van der Waals surface area contributed by atoms with Gasteiger partial charge in [0.15, 0.2) is 0 Å². The van der Waals surface area contributed by atoms with Gasteiger partial charge in [-0.05, 0) is 37.7 Å². The molecule has 25 heavy (non-hydrogen) atoms. The lowest BCUT2D eigenvalue weighted by Gasteiger charge is -2.34. The molecule has 1 fully saturated rings. The molecular formula is C19H30ClN3O2. The Labute approximate surface area is 156 Å². The van der Waals surface area contributed by atoms with Gasteiger partial charge in [-0.1, -0.05) is 36.8 Å². The Morgan fingerprint density at radius 2 is 2.00 bits per heavy atom. The summed E-state index contributed by atoms with van der Waals surface area (Å²) in [6.45, 7) is 6.07. The van der Waals surface area contributed by atoms with Gasteiger partial charge in [-0.3, -0.25) is 9.59 Å². The highest BCUT2D eigenvalue weighted by atomic mass is 35.5. The predicted octanol–water partition coefficient (Wildman–Crippen LogP) is 2.57. The number of benzene rings is 1. The van der Waals surface area contributed by atoms with Crippen LogP contribution in [-0.2, 0) is 9.59 Å². The average Bonchev–Trinajstić information content (AvgIpc) is 2.60. The fourth-order valence-electron chi connectivity index (χ4n) is 3.12. The van der Waals surface area contributed by atoms with Crippen LogP contribution in [0.5, 0.6) is 0 Å². The van der Waals surface area contributed by atoms with Crippen molar-refractivity contribution in [1.29, 1.82) is 0 Å². The zero-order valence-corrected chi connectivity index (χ0v) is 16.0. The van der Waals surface area contributed by atoms with Crippen LogP contribution in [-0.4, -0.2) is 36.3 Å². The number of hydrogen-bond donors (Lipinski definition) is 2. The summed E-state index contributed by atoms with van der Waals surface area (Å²) in [5, 5.41) is 2.97. The minimum atomic E-state index is -0.612. The molecule has 140 valence electrons. The molecule has 2 amide bonds. The summed E-state index contributed by atoms with van der Waals surface area (Å²) in [5.41, 5.74) is 8.17. The van der Waals surface area contributed by atoms with Gasteiger partial charge in [-0.25, -0.2) is 0 Å². The van der Waals surface area contributed by atoms with Crippen LogP contribution >= 0.6 is 12.4 Å². The van der Waals surface area contributed by atoms with Crippen LogP contribution in [0.3, 0.4) is 0 Å². The van der Waals surface area contributed by atoms with Crippen molar-refractivity contribution in [3.8, 4) is 0 Å². The highest BCUT2D eigenvalue weighted by Crippen LogP contribution is 2.20. The first kappa shape index (κ1) is 21.5. The number of nitrogens with zero attached hydrogens (tertiary/aromatic N) is 1. The number of nitrogens with two attached hydrogens (primary N) is 1. The molecule has 0 aliphatic carbocycles. The molecule has 6 heteroatoms. The van der Waals surface area contributed by atoms with E-state index in [-0.39, 0.29) is 24.2 Å². The summed E-state index contributed by atoms with van der Waals surface area (Å²) in [6, 6.07) is 7.18. The molecule has 2 rings (SSSR count). The summed E-state index contributed by atoms with van der Waals surface area (Å²) in [5.74, 6) is 0.384. The normalized spacial score (nSPS) is 18.2. The van der Waals surface area contributed by atoms with E-state index in [1.54, 1.807) is 0 Å². The zero-order valence-electron chi connectivity index (χ0n) is 15.2. The fraction of sp³-hybridized carbons (Fsp3) is 0.579. The van der Waals surface area contributed by atoms with E-state index in [1.165, 1.54) is 0 Å². The molecule has 1 aliphatic heterocycles. The van der Waals surface area contributed by atoms with Crippen LogP contribution in [0.25, 0.3) is 0 Å². The molecule has 1 aromatic carbocycles. The number of halogens is 1. The maximum atomic E-state index is 12.7. The lowest BCUT2D eigenvalue weighted by molar-refractivity contribution is -0.134. The molecule has 0 saturated carbocycles. The molecule has 0 radical (unpaired) electrons. The van der Waals surface area contributed by atoms with Crippen LogP contribution < -0.4 is 11.1 Å². The Bertz CT molecular complexity index is 562. The second-order valence-electron chi connectivity index (χ2n) is 6.73. The van der Waals surface area contributed by atoms with Crippen molar-refractivity contribution in [2.75, 3.05) is 19.6 Å². The average molecular weight is 368 g/mol. The Kier molecular flexibility index (Phi) is 8.93. The van der Waals surface area contributed by atoms with Crippen molar-refractivity contribution in [1.82, 2.24) is 10.2 Å². The van der Waals surface area contributed by atoms with Gasteiger partial charge >= 0.3 is 0 Å². The number of likely N-dealkylation sites (tertiary alicyclic amines) is 1. The van der Waals surface area contributed by atoms with E-state index in [1.807, 2.05) is 43.0 Å². The summed E-state index contributed by atoms with van der Waals surface area (Å²) in [6.07, 6.45) is 3.41. The molecular weight excluding hydrogens is 338 g/mol. The summed E-state index contributed by atoms with van der Waals surface area (Å²) in [7, 11) is 0. The van der Waals surface area contributed by atoms with Gasteiger partial charge in [0.2, 0.25) is 11.8 Å².